The molecule has 2 rings (SSSR count). The Bertz CT molecular complexity index is 560. The highest BCUT2D eigenvalue weighted by molar-refractivity contribution is 6.31. The van der Waals surface area contributed by atoms with Crippen LogP contribution in [0.1, 0.15) is 5.56 Å². The van der Waals surface area contributed by atoms with E-state index in [2.05, 4.69) is 20.3 Å². The minimum Gasteiger partial charge on any atom is -0.350 e. The van der Waals surface area contributed by atoms with Crippen LogP contribution in [-0.2, 0) is 6.54 Å². The van der Waals surface area contributed by atoms with Gasteiger partial charge < -0.3 is 5.32 Å². The van der Waals surface area contributed by atoms with E-state index in [0.29, 0.717) is 0 Å². The molecule has 0 fully saturated rings. The average molecular weight is 291 g/mol. The predicted molar refractivity (Wildman–Crippen MR) is 63.5 cm³/mol. The summed E-state index contributed by atoms with van der Waals surface area (Å²) < 4.78 is 26.0. The van der Waals surface area contributed by atoms with Gasteiger partial charge >= 0.3 is 0 Å². The van der Waals surface area contributed by atoms with Gasteiger partial charge in [0.15, 0.2) is 0 Å². The van der Waals surface area contributed by atoms with E-state index >= 15 is 0 Å². The molecule has 0 bridgehead atoms. The second-order valence-electron chi connectivity index (χ2n) is 3.29. The summed E-state index contributed by atoms with van der Waals surface area (Å²) >= 11 is 11.1. The molecule has 1 aromatic heterocycles. The zero-order chi connectivity index (χ0) is 13.1. The van der Waals surface area contributed by atoms with Gasteiger partial charge in [0, 0.05) is 18.2 Å². The number of halogens is 4. The van der Waals surface area contributed by atoms with E-state index in [1.165, 1.54) is 6.07 Å². The summed E-state index contributed by atoms with van der Waals surface area (Å²) in [5.41, 5.74) is 0.268. The van der Waals surface area contributed by atoms with E-state index in [-0.39, 0.29) is 28.6 Å². The van der Waals surface area contributed by atoms with Crippen LogP contribution in [0.3, 0.4) is 0 Å². The monoisotopic (exact) mass is 290 g/mol. The first kappa shape index (κ1) is 12.9. The third-order valence-electron chi connectivity index (χ3n) is 2.03. The van der Waals surface area contributed by atoms with E-state index < -0.39 is 11.6 Å². The van der Waals surface area contributed by atoms with E-state index in [4.69, 9.17) is 23.2 Å². The van der Waals surface area contributed by atoms with Crippen molar-refractivity contribution >= 4 is 29.2 Å². The number of rotatable bonds is 3. The molecule has 4 nitrogen and oxygen atoms in total. The lowest BCUT2D eigenvalue weighted by Crippen LogP contribution is -2.06. The minimum atomic E-state index is -0.659. The lowest BCUT2D eigenvalue weighted by molar-refractivity contribution is 0.574. The number of hydrogen-bond acceptors (Lipinski definition) is 4. The molecule has 1 heterocycles. The molecule has 94 valence electrons. The summed E-state index contributed by atoms with van der Waals surface area (Å²) in [5.74, 6) is -1.18. The third kappa shape index (κ3) is 3.24. The first-order valence-corrected chi connectivity index (χ1v) is 5.55. The molecule has 0 atom stereocenters. The highest BCUT2D eigenvalue weighted by Gasteiger charge is 2.06. The summed E-state index contributed by atoms with van der Waals surface area (Å²) in [6.07, 6.45) is 0. The second kappa shape index (κ2) is 5.41. The number of nitrogens with one attached hydrogen (secondary N) is 1. The Balaban J connectivity index is 2.11. The van der Waals surface area contributed by atoms with Gasteiger partial charge in [0.25, 0.3) is 0 Å². The van der Waals surface area contributed by atoms with Gasteiger partial charge in [-0.25, -0.2) is 8.78 Å². The summed E-state index contributed by atoms with van der Waals surface area (Å²) in [6, 6.07) is 3.28. The fourth-order valence-electron chi connectivity index (χ4n) is 1.24. The van der Waals surface area contributed by atoms with E-state index in [1.807, 2.05) is 0 Å². The number of nitrogens with zero attached hydrogens (tertiary/aromatic N) is 3. The maximum absolute atomic E-state index is 13.3. The van der Waals surface area contributed by atoms with E-state index in [1.54, 1.807) is 0 Å². The largest absolute Gasteiger partial charge is 0.350 e. The summed E-state index contributed by atoms with van der Waals surface area (Å²) in [4.78, 5) is 11.1. The molecule has 0 amide bonds. The highest BCUT2D eigenvalue weighted by Crippen LogP contribution is 2.13. The van der Waals surface area contributed by atoms with Crippen molar-refractivity contribution in [2.24, 2.45) is 0 Å². The molecule has 0 unspecified atom stereocenters. The number of hydrogen-bond donors (Lipinski definition) is 1. The van der Waals surface area contributed by atoms with Crippen LogP contribution in [0.25, 0.3) is 0 Å². The minimum absolute atomic E-state index is 0.0721. The van der Waals surface area contributed by atoms with Gasteiger partial charge in [-0.1, -0.05) is 6.07 Å². The molecule has 8 heteroatoms. The van der Waals surface area contributed by atoms with Crippen LogP contribution >= 0.6 is 23.2 Å². The van der Waals surface area contributed by atoms with Crippen LogP contribution in [0.2, 0.25) is 10.6 Å². The van der Waals surface area contributed by atoms with Crippen molar-refractivity contribution in [1.29, 1.82) is 0 Å². The normalized spacial score (nSPS) is 10.4. The molecule has 0 aliphatic heterocycles. The van der Waals surface area contributed by atoms with Crippen LogP contribution in [0.15, 0.2) is 18.2 Å². The Labute approximate surface area is 111 Å². The SMILES string of the molecule is Fc1ccc(CNc2nc(Cl)nc(Cl)n2)c(F)c1. The molecule has 18 heavy (non-hydrogen) atoms. The van der Waals surface area contributed by atoms with E-state index in [0.717, 1.165) is 12.1 Å². The van der Waals surface area contributed by atoms with Crippen molar-refractivity contribution in [2.75, 3.05) is 5.32 Å². The molecule has 0 saturated carbocycles. The molecule has 0 aliphatic carbocycles. The highest BCUT2D eigenvalue weighted by atomic mass is 35.5. The molecular formula is C10H6Cl2F2N4. The average Bonchev–Trinajstić information content (AvgIpc) is 2.26. The quantitative estimate of drug-likeness (QED) is 0.944. The van der Waals surface area contributed by atoms with Gasteiger partial charge in [-0.3, -0.25) is 0 Å². The van der Waals surface area contributed by atoms with Gasteiger partial charge in [0.2, 0.25) is 16.5 Å². The maximum atomic E-state index is 13.3. The second-order valence-corrected chi connectivity index (χ2v) is 3.96. The first-order valence-electron chi connectivity index (χ1n) is 4.79. The third-order valence-corrected chi connectivity index (χ3v) is 2.37. The summed E-state index contributed by atoms with van der Waals surface area (Å²) in [5, 5.41) is 2.57. The van der Waals surface area contributed by atoms with Crippen molar-refractivity contribution in [2.45, 2.75) is 6.54 Å². The lowest BCUT2D eigenvalue weighted by atomic mass is 10.2. The van der Waals surface area contributed by atoms with E-state index in [9.17, 15) is 8.78 Å². The number of aromatic nitrogens is 3. The number of anilines is 1. The molecule has 2 aromatic rings. The Hall–Kier alpha value is -1.53. The molecular weight excluding hydrogens is 285 g/mol. The van der Waals surface area contributed by atoms with Gasteiger partial charge in [-0.2, -0.15) is 15.0 Å². The maximum Gasteiger partial charge on any atom is 0.228 e. The fraction of sp³-hybridized carbons (Fsp3) is 0.100. The fourth-order valence-corrected chi connectivity index (χ4v) is 1.61. The van der Waals surface area contributed by atoms with Crippen LogP contribution in [0, 0.1) is 11.6 Å². The molecule has 0 saturated heterocycles. The van der Waals surface area contributed by atoms with Gasteiger partial charge in [-0.15, -0.1) is 0 Å². The Kier molecular flexibility index (Phi) is 3.88. The van der Waals surface area contributed by atoms with Crippen LogP contribution in [-0.4, -0.2) is 15.0 Å². The van der Waals surface area contributed by atoms with Crippen LogP contribution in [0.4, 0.5) is 14.7 Å². The van der Waals surface area contributed by atoms with Crippen molar-refractivity contribution in [3.8, 4) is 0 Å². The first-order chi connectivity index (χ1) is 8.54. The Morgan fingerprint density at radius 3 is 2.33 bits per heavy atom. The standard InChI is InChI=1S/C10H6Cl2F2N4/c11-8-16-9(12)18-10(17-8)15-4-5-1-2-6(13)3-7(5)14/h1-3H,4H2,(H,15,16,17,18). The molecule has 0 spiro atoms. The molecule has 0 radical (unpaired) electrons. The smallest absolute Gasteiger partial charge is 0.228 e. The number of benzene rings is 1. The van der Waals surface area contributed by atoms with Crippen molar-refractivity contribution in [1.82, 2.24) is 15.0 Å². The Morgan fingerprint density at radius 2 is 1.72 bits per heavy atom. The Morgan fingerprint density at radius 1 is 1.06 bits per heavy atom. The van der Waals surface area contributed by atoms with Crippen molar-refractivity contribution in [3.05, 3.63) is 46.0 Å². The zero-order valence-corrected chi connectivity index (χ0v) is 10.3. The van der Waals surface area contributed by atoms with Crippen molar-refractivity contribution < 1.29 is 8.78 Å². The zero-order valence-electron chi connectivity index (χ0n) is 8.79. The van der Waals surface area contributed by atoms with Crippen molar-refractivity contribution in [3.63, 3.8) is 0 Å². The molecule has 0 aliphatic rings. The van der Waals surface area contributed by atoms with Gasteiger partial charge in [0.1, 0.15) is 11.6 Å². The van der Waals surface area contributed by atoms with Gasteiger partial charge in [-0.05, 0) is 29.3 Å². The predicted octanol–water partition coefficient (Wildman–Crippen LogP) is 3.07. The van der Waals surface area contributed by atoms with Gasteiger partial charge in [0.05, 0.1) is 0 Å². The molecule has 1 N–H and O–H groups in total. The lowest BCUT2D eigenvalue weighted by Gasteiger charge is -2.06. The van der Waals surface area contributed by atoms with Crippen LogP contribution in [0.5, 0.6) is 0 Å². The molecule has 1 aromatic carbocycles. The topological polar surface area (TPSA) is 50.7 Å². The summed E-state index contributed by atoms with van der Waals surface area (Å²) in [6.45, 7) is 0.0722. The van der Waals surface area contributed by atoms with Crippen LogP contribution < -0.4 is 5.32 Å². The summed E-state index contributed by atoms with van der Waals surface area (Å²) in [7, 11) is 0.